The Labute approximate surface area is 151 Å². The highest BCUT2D eigenvalue weighted by Crippen LogP contribution is 2.17. The number of ether oxygens (including phenoxy) is 1. The van der Waals surface area contributed by atoms with E-state index in [1.165, 1.54) is 0 Å². The minimum atomic E-state index is -0.270. The number of hydrogen-bond acceptors (Lipinski definition) is 5. The Morgan fingerprint density at radius 1 is 1.36 bits per heavy atom. The Hall–Kier alpha value is -2.18. The molecular formula is C19H22N2O3S. The summed E-state index contributed by atoms with van der Waals surface area (Å²) >= 11 is 1.61. The molecule has 1 N–H and O–H groups in total. The summed E-state index contributed by atoms with van der Waals surface area (Å²) in [6.45, 7) is 3.67. The molecule has 0 unspecified atom stereocenters. The standard InChI is InChI=1S/C19H22N2O3S/c1-14-20-16(13-25-14)12-24-18-5-2-15(3-6-18)4-7-19(23)21-10-8-17(22)9-11-21/h2-7,13,17,22H,8-12H2,1H3/b7-4+. The second-order valence-electron chi connectivity index (χ2n) is 6.11. The molecule has 6 heteroatoms. The van der Waals surface area contributed by atoms with Gasteiger partial charge in [0.1, 0.15) is 12.4 Å². The molecule has 1 aliphatic rings. The van der Waals surface area contributed by atoms with Crippen LogP contribution in [0.15, 0.2) is 35.7 Å². The lowest BCUT2D eigenvalue weighted by atomic mass is 10.1. The first-order valence-electron chi connectivity index (χ1n) is 8.39. The average molecular weight is 358 g/mol. The van der Waals surface area contributed by atoms with Crippen molar-refractivity contribution in [1.82, 2.24) is 9.88 Å². The van der Waals surface area contributed by atoms with Crippen LogP contribution in [-0.4, -0.2) is 40.1 Å². The molecule has 0 spiro atoms. The van der Waals surface area contributed by atoms with Crippen molar-refractivity contribution < 1.29 is 14.6 Å². The van der Waals surface area contributed by atoms with E-state index in [1.807, 2.05) is 36.6 Å². The molecule has 1 fully saturated rings. The highest BCUT2D eigenvalue weighted by atomic mass is 32.1. The molecule has 1 aromatic heterocycles. The van der Waals surface area contributed by atoms with Gasteiger partial charge in [0.15, 0.2) is 0 Å². The lowest BCUT2D eigenvalue weighted by molar-refractivity contribution is -0.127. The minimum absolute atomic E-state index is 0.00821. The second-order valence-corrected chi connectivity index (χ2v) is 7.17. The van der Waals surface area contributed by atoms with Crippen LogP contribution < -0.4 is 4.74 Å². The number of carbonyl (C=O) groups excluding carboxylic acids is 1. The third kappa shape index (κ3) is 5.14. The molecule has 3 rings (SSSR count). The van der Waals surface area contributed by atoms with Gasteiger partial charge >= 0.3 is 0 Å². The number of aliphatic hydroxyl groups is 1. The number of hydrogen-bond donors (Lipinski definition) is 1. The van der Waals surface area contributed by atoms with E-state index in [-0.39, 0.29) is 12.0 Å². The number of aliphatic hydroxyl groups excluding tert-OH is 1. The van der Waals surface area contributed by atoms with Gasteiger partial charge in [-0.2, -0.15) is 0 Å². The summed E-state index contributed by atoms with van der Waals surface area (Å²) in [6, 6.07) is 7.62. The molecule has 0 atom stereocenters. The monoisotopic (exact) mass is 358 g/mol. The summed E-state index contributed by atoms with van der Waals surface area (Å²) in [7, 11) is 0. The van der Waals surface area contributed by atoms with Crippen molar-refractivity contribution in [1.29, 1.82) is 0 Å². The van der Waals surface area contributed by atoms with E-state index in [1.54, 1.807) is 28.4 Å². The van der Waals surface area contributed by atoms with Crippen LogP contribution in [0.25, 0.3) is 6.08 Å². The normalized spacial score (nSPS) is 15.7. The van der Waals surface area contributed by atoms with Gasteiger partial charge in [-0.25, -0.2) is 4.98 Å². The van der Waals surface area contributed by atoms with E-state index in [0.29, 0.717) is 32.5 Å². The predicted molar refractivity (Wildman–Crippen MR) is 98.5 cm³/mol. The van der Waals surface area contributed by atoms with Crippen LogP contribution >= 0.6 is 11.3 Å². The first-order chi connectivity index (χ1) is 12.1. The fraction of sp³-hybridized carbons (Fsp3) is 0.368. The summed E-state index contributed by atoms with van der Waals surface area (Å²) < 4.78 is 5.71. The summed E-state index contributed by atoms with van der Waals surface area (Å²) in [5.74, 6) is 0.769. The quantitative estimate of drug-likeness (QED) is 0.835. The number of aryl methyl sites for hydroxylation is 1. The zero-order valence-electron chi connectivity index (χ0n) is 14.2. The van der Waals surface area contributed by atoms with Crippen molar-refractivity contribution >= 4 is 23.3 Å². The largest absolute Gasteiger partial charge is 0.487 e. The van der Waals surface area contributed by atoms with Crippen LogP contribution in [0.2, 0.25) is 0 Å². The Kier molecular flexibility index (Phi) is 5.83. The fourth-order valence-corrected chi connectivity index (χ4v) is 3.26. The van der Waals surface area contributed by atoms with Crippen molar-refractivity contribution in [2.75, 3.05) is 13.1 Å². The molecule has 2 heterocycles. The Balaban J connectivity index is 1.50. The van der Waals surface area contributed by atoms with Crippen LogP contribution in [0.4, 0.5) is 0 Å². The highest BCUT2D eigenvalue weighted by molar-refractivity contribution is 7.09. The smallest absolute Gasteiger partial charge is 0.246 e. The number of aromatic nitrogens is 1. The first-order valence-corrected chi connectivity index (χ1v) is 9.27. The van der Waals surface area contributed by atoms with Crippen molar-refractivity contribution in [3.8, 4) is 5.75 Å². The van der Waals surface area contributed by atoms with Gasteiger partial charge in [0.25, 0.3) is 0 Å². The molecule has 2 aromatic rings. The predicted octanol–water partition coefficient (Wildman–Crippen LogP) is 3.03. The zero-order chi connectivity index (χ0) is 17.6. The third-order valence-electron chi connectivity index (χ3n) is 4.13. The van der Waals surface area contributed by atoms with Crippen molar-refractivity contribution in [3.63, 3.8) is 0 Å². The summed E-state index contributed by atoms with van der Waals surface area (Å²) in [4.78, 5) is 18.3. The van der Waals surface area contributed by atoms with Gasteiger partial charge in [0.2, 0.25) is 5.91 Å². The van der Waals surface area contributed by atoms with Gasteiger partial charge in [-0.05, 0) is 43.5 Å². The molecule has 0 radical (unpaired) electrons. The van der Waals surface area contributed by atoms with Crippen LogP contribution in [0.5, 0.6) is 5.75 Å². The lowest BCUT2D eigenvalue weighted by Crippen LogP contribution is -2.39. The van der Waals surface area contributed by atoms with E-state index in [4.69, 9.17) is 4.74 Å². The molecule has 0 bridgehead atoms. The molecular weight excluding hydrogens is 336 g/mol. The number of thiazole rings is 1. The fourth-order valence-electron chi connectivity index (χ4n) is 2.67. The highest BCUT2D eigenvalue weighted by Gasteiger charge is 2.19. The average Bonchev–Trinajstić information content (AvgIpc) is 3.05. The van der Waals surface area contributed by atoms with Crippen molar-refractivity contribution in [2.24, 2.45) is 0 Å². The number of rotatable bonds is 5. The van der Waals surface area contributed by atoms with Crippen LogP contribution in [0.1, 0.15) is 29.1 Å². The first kappa shape index (κ1) is 17.6. The van der Waals surface area contributed by atoms with E-state index >= 15 is 0 Å². The topological polar surface area (TPSA) is 62.7 Å². The number of piperidine rings is 1. The summed E-state index contributed by atoms with van der Waals surface area (Å²) in [6.07, 6.45) is 4.44. The third-order valence-corrected chi connectivity index (χ3v) is 4.95. The zero-order valence-corrected chi connectivity index (χ0v) is 15.0. The second kappa shape index (κ2) is 8.27. The van der Waals surface area contributed by atoms with Crippen molar-refractivity contribution in [2.45, 2.75) is 32.5 Å². The molecule has 5 nitrogen and oxygen atoms in total. The van der Waals surface area contributed by atoms with E-state index in [9.17, 15) is 9.90 Å². The number of nitrogens with zero attached hydrogens (tertiary/aromatic N) is 2. The maximum Gasteiger partial charge on any atom is 0.246 e. The number of likely N-dealkylation sites (tertiary alicyclic amines) is 1. The summed E-state index contributed by atoms with van der Waals surface area (Å²) in [5.41, 5.74) is 1.88. The van der Waals surface area contributed by atoms with Gasteiger partial charge in [0.05, 0.1) is 16.8 Å². The Bertz CT molecular complexity index is 731. The van der Waals surface area contributed by atoms with Gasteiger partial charge in [-0.3, -0.25) is 4.79 Å². The van der Waals surface area contributed by atoms with E-state index in [0.717, 1.165) is 22.0 Å². The summed E-state index contributed by atoms with van der Waals surface area (Å²) in [5, 5.41) is 12.5. The molecule has 1 saturated heterocycles. The molecule has 1 aromatic carbocycles. The maximum atomic E-state index is 12.1. The Morgan fingerprint density at radius 2 is 2.08 bits per heavy atom. The minimum Gasteiger partial charge on any atom is -0.487 e. The van der Waals surface area contributed by atoms with Crippen LogP contribution in [-0.2, 0) is 11.4 Å². The van der Waals surface area contributed by atoms with E-state index < -0.39 is 0 Å². The van der Waals surface area contributed by atoms with E-state index in [2.05, 4.69) is 4.98 Å². The van der Waals surface area contributed by atoms with Crippen LogP contribution in [0, 0.1) is 6.92 Å². The van der Waals surface area contributed by atoms with Gasteiger partial charge in [-0.15, -0.1) is 11.3 Å². The van der Waals surface area contributed by atoms with Crippen LogP contribution in [0.3, 0.4) is 0 Å². The van der Waals surface area contributed by atoms with Gasteiger partial charge in [0, 0.05) is 24.5 Å². The number of benzene rings is 1. The molecule has 1 aliphatic heterocycles. The molecule has 0 aliphatic carbocycles. The molecule has 132 valence electrons. The van der Waals surface area contributed by atoms with Gasteiger partial charge in [-0.1, -0.05) is 12.1 Å². The maximum absolute atomic E-state index is 12.1. The molecule has 1 amide bonds. The number of carbonyl (C=O) groups is 1. The lowest BCUT2D eigenvalue weighted by Gasteiger charge is -2.28. The SMILES string of the molecule is Cc1nc(COc2ccc(/C=C/C(=O)N3CCC(O)CC3)cc2)cs1. The molecule has 0 saturated carbocycles. The van der Waals surface area contributed by atoms with Gasteiger partial charge < -0.3 is 14.7 Å². The Morgan fingerprint density at radius 3 is 2.72 bits per heavy atom. The number of amides is 1. The van der Waals surface area contributed by atoms with Crippen molar-refractivity contribution in [3.05, 3.63) is 52.0 Å². The molecule has 25 heavy (non-hydrogen) atoms.